The summed E-state index contributed by atoms with van der Waals surface area (Å²) in [5.41, 5.74) is 5.05. The smallest absolute Gasteiger partial charge is 0.375 e. The van der Waals surface area contributed by atoms with Crippen molar-refractivity contribution in [1.29, 1.82) is 0 Å². The number of aryl methyl sites for hydroxylation is 1. The molecule has 10 nitrogen and oxygen atoms in total. The fraction of sp³-hybridized carbons (Fsp3) is 0.333. The van der Waals surface area contributed by atoms with E-state index in [1.54, 1.807) is 25.1 Å². The van der Waals surface area contributed by atoms with Gasteiger partial charge in [0.2, 0.25) is 11.5 Å². The number of furan rings is 1. The van der Waals surface area contributed by atoms with Crippen molar-refractivity contribution in [3.63, 3.8) is 0 Å². The van der Waals surface area contributed by atoms with Gasteiger partial charge < -0.3 is 19.6 Å². The number of nitrogens with two attached hydrogens (primary N) is 1. The van der Waals surface area contributed by atoms with E-state index in [0.717, 1.165) is 9.13 Å². The number of ketones is 1. The van der Waals surface area contributed by atoms with E-state index in [9.17, 15) is 19.2 Å². The highest BCUT2D eigenvalue weighted by atomic mass is 16.5. The molecule has 0 amide bonds. The normalized spacial score (nSPS) is 11.0. The molecule has 1 aromatic carbocycles. The highest BCUT2D eigenvalue weighted by Crippen LogP contribution is 2.29. The molecule has 0 unspecified atom stereocenters. The minimum atomic E-state index is -0.863. The summed E-state index contributed by atoms with van der Waals surface area (Å²) in [6.45, 7) is 3.01. The Hall–Kier alpha value is -3.82. The Labute approximate surface area is 176 Å². The van der Waals surface area contributed by atoms with E-state index in [0.29, 0.717) is 28.7 Å². The van der Waals surface area contributed by atoms with E-state index in [1.165, 1.54) is 14.2 Å². The monoisotopic (exact) mass is 429 g/mol. The van der Waals surface area contributed by atoms with Crippen LogP contribution in [0.2, 0.25) is 0 Å². The number of benzene rings is 1. The lowest BCUT2D eigenvalue weighted by Crippen LogP contribution is -2.43. The first-order chi connectivity index (χ1) is 14.7. The zero-order valence-electron chi connectivity index (χ0n) is 17.7. The van der Waals surface area contributed by atoms with Gasteiger partial charge in [0.25, 0.3) is 5.56 Å². The van der Waals surface area contributed by atoms with Crippen molar-refractivity contribution < 1.29 is 23.5 Å². The lowest BCUT2D eigenvalue weighted by molar-refractivity contribution is 0.0444. The third-order valence-corrected chi connectivity index (χ3v) is 4.97. The van der Waals surface area contributed by atoms with Gasteiger partial charge in [-0.1, -0.05) is 6.92 Å². The molecule has 0 saturated carbocycles. The minimum absolute atomic E-state index is 0.0621. The molecule has 2 aromatic heterocycles. The summed E-state index contributed by atoms with van der Waals surface area (Å²) in [4.78, 5) is 49.8. The number of nitrogen functional groups attached to an aromatic ring is 1. The molecule has 0 spiro atoms. The number of rotatable bonds is 7. The topological polar surface area (TPSA) is 136 Å². The Bertz CT molecular complexity index is 1300. The maximum absolute atomic E-state index is 12.6. The highest BCUT2D eigenvalue weighted by molar-refractivity contribution is 6.02. The predicted molar refractivity (Wildman–Crippen MR) is 113 cm³/mol. The maximum atomic E-state index is 12.6. The van der Waals surface area contributed by atoms with Crippen LogP contribution in [0.1, 0.15) is 39.8 Å². The number of esters is 1. The zero-order valence-corrected chi connectivity index (χ0v) is 17.7. The first-order valence-electron chi connectivity index (χ1n) is 9.58. The number of nitrogens with zero attached hydrogens (tertiary/aromatic N) is 2. The number of fused-ring (bicyclic) bond motifs is 1. The maximum Gasteiger partial charge on any atom is 0.375 e. The fourth-order valence-corrected chi connectivity index (χ4v) is 3.28. The van der Waals surface area contributed by atoms with Crippen molar-refractivity contribution in [2.24, 2.45) is 7.05 Å². The zero-order chi connectivity index (χ0) is 22.9. The van der Waals surface area contributed by atoms with E-state index in [2.05, 4.69) is 0 Å². The van der Waals surface area contributed by atoms with Crippen molar-refractivity contribution >= 4 is 28.5 Å². The molecular formula is C21H23N3O7. The quantitative estimate of drug-likeness (QED) is 0.442. The molecule has 31 heavy (non-hydrogen) atoms. The Balaban J connectivity index is 1.87. The summed E-state index contributed by atoms with van der Waals surface area (Å²) in [6, 6.07) is 5.07. The third kappa shape index (κ3) is 3.83. The number of hydrogen-bond donors (Lipinski definition) is 1. The summed E-state index contributed by atoms with van der Waals surface area (Å²) in [6.07, 6.45) is 0.570. The molecule has 2 N–H and O–H groups in total. The summed E-state index contributed by atoms with van der Waals surface area (Å²) in [5, 5.41) is 0.669. The van der Waals surface area contributed by atoms with E-state index >= 15 is 0 Å². The van der Waals surface area contributed by atoms with Crippen LogP contribution >= 0.6 is 0 Å². The lowest BCUT2D eigenvalue weighted by Gasteiger charge is -2.13. The highest BCUT2D eigenvalue weighted by Gasteiger charge is 2.25. The first-order valence-corrected chi connectivity index (χ1v) is 9.58. The van der Waals surface area contributed by atoms with E-state index in [1.807, 2.05) is 6.92 Å². The van der Waals surface area contributed by atoms with E-state index in [-0.39, 0.29) is 18.1 Å². The predicted octanol–water partition coefficient (Wildman–Crippen LogP) is 1.64. The fourth-order valence-electron chi connectivity index (χ4n) is 3.28. The molecule has 0 aliphatic heterocycles. The second-order valence-electron chi connectivity index (χ2n) is 6.98. The second kappa shape index (κ2) is 8.50. The molecule has 2 heterocycles. The molecule has 0 aliphatic rings. The summed E-state index contributed by atoms with van der Waals surface area (Å²) < 4.78 is 17.8. The van der Waals surface area contributed by atoms with Crippen LogP contribution in [0.15, 0.2) is 32.2 Å². The number of Topliss-reactive ketones (excluding diaryl/α,β-unsaturated/α-hetero) is 1. The lowest BCUT2D eigenvalue weighted by atomic mass is 10.1. The van der Waals surface area contributed by atoms with Gasteiger partial charge in [0.05, 0.1) is 7.11 Å². The van der Waals surface area contributed by atoms with E-state index in [4.69, 9.17) is 19.6 Å². The SMILES string of the molecule is CCCn1c(N)c(C(=O)COC(=O)c2oc3ccc(OC)cc3c2C)c(=O)n(C)c1=O. The third-order valence-electron chi connectivity index (χ3n) is 4.97. The van der Waals surface area contributed by atoms with Crippen molar-refractivity contribution in [2.75, 3.05) is 19.5 Å². The standard InChI is InChI=1S/C21H23N3O7/c1-5-8-24-18(22)16(19(26)23(3)21(24)28)14(25)10-30-20(27)17-11(2)13-9-12(29-4)6-7-15(13)31-17/h6-7,9H,5,8,10,22H2,1-4H3. The number of carbonyl (C=O) groups is 2. The number of ether oxygens (including phenoxy) is 2. The van der Waals surface area contributed by atoms with Gasteiger partial charge in [-0.05, 0) is 31.5 Å². The average Bonchev–Trinajstić information content (AvgIpc) is 3.09. The van der Waals surface area contributed by atoms with Crippen LogP contribution in [0.25, 0.3) is 11.0 Å². The van der Waals surface area contributed by atoms with Gasteiger partial charge in [-0.15, -0.1) is 0 Å². The number of carbonyl (C=O) groups excluding carboxylic acids is 2. The largest absolute Gasteiger partial charge is 0.497 e. The van der Waals surface area contributed by atoms with E-state index < -0.39 is 35.2 Å². The van der Waals surface area contributed by atoms with Crippen LogP contribution < -0.4 is 21.7 Å². The summed E-state index contributed by atoms with van der Waals surface area (Å²) in [5.74, 6) is -1.39. The Morgan fingerprint density at radius 1 is 1.23 bits per heavy atom. The van der Waals surface area contributed by atoms with Crippen molar-refractivity contribution in [3.05, 3.63) is 55.9 Å². The number of hydrogen-bond acceptors (Lipinski definition) is 8. The van der Waals surface area contributed by atoms with Gasteiger partial charge in [-0.2, -0.15) is 0 Å². The molecule has 0 saturated heterocycles. The molecule has 0 atom stereocenters. The molecule has 3 aromatic rings. The Morgan fingerprint density at radius 2 is 1.94 bits per heavy atom. The van der Waals surface area contributed by atoms with Crippen LogP contribution in [0.3, 0.4) is 0 Å². The number of aromatic nitrogens is 2. The van der Waals surface area contributed by atoms with Gasteiger partial charge in [0, 0.05) is 24.5 Å². The minimum Gasteiger partial charge on any atom is -0.497 e. The van der Waals surface area contributed by atoms with Gasteiger partial charge in [-0.25, -0.2) is 9.59 Å². The van der Waals surface area contributed by atoms with Crippen molar-refractivity contribution in [2.45, 2.75) is 26.8 Å². The molecular weight excluding hydrogens is 406 g/mol. The molecule has 0 bridgehead atoms. The molecule has 3 rings (SSSR count). The van der Waals surface area contributed by atoms with Crippen LogP contribution in [0.5, 0.6) is 5.75 Å². The average molecular weight is 429 g/mol. The molecule has 0 aliphatic carbocycles. The molecule has 164 valence electrons. The Morgan fingerprint density at radius 3 is 2.58 bits per heavy atom. The second-order valence-corrected chi connectivity index (χ2v) is 6.98. The molecule has 10 heteroatoms. The van der Waals surface area contributed by atoms with Gasteiger partial charge >= 0.3 is 11.7 Å². The van der Waals surface area contributed by atoms with Crippen LogP contribution in [0, 0.1) is 6.92 Å². The number of anilines is 1. The van der Waals surface area contributed by atoms with Crippen LogP contribution in [0.4, 0.5) is 5.82 Å². The molecule has 0 radical (unpaired) electrons. The summed E-state index contributed by atoms with van der Waals surface area (Å²) in [7, 11) is 2.78. The van der Waals surface area contributed by atoms with Crippen LogP contribution in [-0.2, 0) is 18.3 Å². The van der Waals surface area contributed by atoms with Crippen LogP contribution in [-0.4, -0.2) is 34.6 Å². The van der Waals surface area contributed by atoms with Gasteiger partial charge in [-0.3, -0.25) is 18.7 Å². The Kier molecular flexibility index (Phi) is 6.00. The van der Waals surface area contributed by atoms with Crippen molar-refractivity contribution in [3.8, 4) is 5.75 Å². The first kappa shape index (κ1) is 21.9. The van der Waals surface area contributed by atoms with Gasteiger partial charge in [0.15, 0.2) is 6.61 Å². The number of methoxy groups -OCH3 is 1. The summed E-state index contributed by atoms with van der Waals surface area (Å²) >= 11 is 0. The molecule has 0 fully saturated rings. The van der Waals surface area contributed by atoms with Crippen molar-refractivity contribution in [1.82, 2.24) is 9.13 Å². The van der Waals surface area contributed by atoms with Gasteiger partial charge in [0.1, 0.15) is 22.7 Å².